The van der Waals surface area contributed by atoms with Crippen LogP contribution in [0.5, 0.6) is 0 Å². The van der Waals surface area contributed by atoms with Gasteiger partial charge in [-0.15, -0.1) is 0 Å². The van der Waals surface area contributed by atoms with Crippen molar-refractivity contribution in [1.82, 2.24) is 9.88 Å². The molecule has 1 aromatic heterocycles. The molecule has 0 atom stereocenters. The first-order valence-corrected chi connectivity index (χ1v) is 13.1. The van der Waals surface area contributed by atoms with Crippen molar-refractivity contribution in [2.24, 2.45) is 0 Å². The monoisotopic (exact) mass is 459 g/mol. The van der Waals surface area contributed by atoms with E-state index in [1.54, 1.807) is 17.0 Å². The molecule has 31 heavy (non-hydrogen) atoms. The van der Waals surface area contributed by atoms with E-state index in [0.717, 1.165) is 47.2 Å². The Morgan fingerprint density at radius 1 is 1.03 bits per heavy atom. The van der Waals surface area contributed by atoms with E-state index in [0.29, 0.717) is 17.2 Å². The number of carbonyl (C=O) groups is 1. The largest absolute Gasteiger partial charge is 0.302 e. The summed E-state index contributed by atoms with van der Waals surface area (Å²) in [7, 11) is -3.31. The highest BCUT2D eigenvalue weighted by molar-refractivity contribution is 7.90. The SMILES string of the molecule is CCN(CC)CCN(C(=O)c1ccc(S(C)(=O)=O)cc1)c1nc2cc(C)cc(C)c2s1. The minimum Gasteiger partial charge on any atom is -0.302 e. The van der Waals surface area contributed by atoms with Gasteiger partial charge in [-0.3, -0.25) is 9.69 Å². The summed E-state index contributed by atoms with van der Waals surface area (Å²) < 4.78 is 24.6. The van der Waals surface area contributed by atoms with Crippen LogP contribution >= 0.6 is 11.3 Å². The van der Waals surface area contributed by atoms with Crippen molar-refractivity contribution in [3.05, 3.63) is 53.1 Å². The molecule has 0 aliphatic carbocycles. The number of nitrogens with zero attached hydrogens (tertiary/aromatic N) is 3. The number of thiazole rings is 1. The van der Waals surface area contributed by atoms with Crippen molar-refractivity contribution in [2.75, 3.05) is 37.3 Å². The van der Waals surface area contributed by atoms with Gasteiger partial charge in [0.05, 0.1) is 15.1 Å². The Hall–Kier alpha value is -2.29. The van der Waals surface area contributed by atoms with Crippen LogP contribution in [0.1, 0.15) is 35.3 Å². The number of hydrogen-bond donors (Lipinski definition) is 0. The molecule has 0 fully saturated rings. The molecule has 0 spiro atoms. The lowest BCUT2D eigenvalue weighted by Gasteiger charge is -2.24. The van der Waals surface area contributed by atoms with Gasteiger partial charge in [0, 0.05) is 24.9 Å². The Morgan fingerprint density at radius 2 is 1.68 bits per heavy atom. The minimum atomic E-state index is -3.31. The first-order valence-electron chi connectivity index (χ1n) is 10.4. The molecule has 3 aromatic rings. The summed E-state index contributed by atoms with van der Waals surface area (Å²) in [6.45, 7) is 11.3. The van der Waals surface area contributed by atoms with Crippen LogP contribution < -0.4 is 4.90 Å². The average Bonchev–Trinajstić information content (AvgIpc) is 3.14. The summed E-state index contributed by atoms with van der Waals surface area (Å²) in [5, 5.41) is 0.660. The number of carbonyl (C=O) groups excluding carboxylic acids is 1. The molecule has 0 N–H and O–H groups in total. The summed E-state index contributed by atoms with van der Waals surface area (Å²) in [6, 6.07) is 10.3. The van der Waals surface area contributed by atoms with Gasteiger partial charge in [-0.1, -0.05) is 31.3 Å². The van der Waals surface area contributed by atoms with E-state index in [-0.39, 0.29) is 10.8 Å². The van der Waals surface area contributed by atoms with Gasteiger partial charge in [-0.05, 0) is 68.4 Å². The van der Waals surface area contributed by atoms with E-state index in [9.17, 15) is 13.2 Å². The predicted molar refractivity (Wildman–Crippen MR) is 128 cm³/mol. The number of anilines is 1. The van der Waals surface area contributed by atoms with Gasteiger partial charge in [0.15, 0.2) is 15.0 Å². The van der Waals surface area contributed by atoms with Crippen LogP contribution in [0.25, 0.3) is 10.2 Å². The van der Waals surface area contributed by atoms with Gasteiger partial charge < -0.3 is 4.90 Å². The fraction of sp³-hybridized carbons (Fsp3) is 0.391. The first-order chi connectivity index (χ1) is 14.6. The van der Waals surface area contributed by atoms with Gasteiger partial charge in [0.1, 0.15) is 0 Å². The quantitative estimate of drug-likeness (QED) is 0.502. The molecule has 3 rings (SSSR count). The zero-order valence-electron chi connectivity index (χ0n) is 18.7. The zero-order valence-corrected chi connectivity index (χ0v) is 20.3. The Balaban J connectivity index is 2.00. The van der Waals surface area contributed by atoms with Gasteiger partial charge in [0.2, 0.25) is 0 Å². The van der Waals surface area contributed by atoms with Gasteiger partial charge in [-0.25, -0.2) is 13.4 Å². The standard InChI is InChI=1S/C23H29N3O3S2/c1-6-25(7-2)12-13-26(22(27)18-8-10-19(11-9-18)31(5,28)29)23-24-20-15-16(3)14-17(4)21(20)30-23/h8-11,14-15H,6-7,12-13H2,1-5H3. The van der Waals surface area contributed by atoms with Crippen LogP contribution in [0.2, 0.25) is 0 Å². The predicted octanol–water partition coefficient (Wildman–Crippen LogP) is 4.31. The van der Waals surface area contributed by atoms with E-state index in [4.69, 9.17) is 4.98 Å². The Labute approximate surface area is 188 Å². The topological polar surface area (TPSA) is 70.6 Å². The van der Waals surface area contributed by atoms with Gasteiger partial charge >= 0.3 is 0 Å². The summed E-state index contributed by atoms with van der Waals surface area (Å²) in [6.07, 6.45) is 1.16. The smallest absolute Gasteiger partial charge is 0.260 e. The Morgan fingerprint density at radius 3 is 2.26 bits per heavy atom. The van der Waals surface area contributed by atoms with Gasteiger partial charge in [-0.2, -0.15) is 0 Å². The zero-order chi connectivity index (χ0) is 22.8. The molecule has 2 aromatic carbocycles. The van der Waals surface area contributed by atoms with Crippen molar-refractivity contribution in [1.29, 1.82) is 0 Å². The van der Waals surface area contributed by atoms with Crippen molar-refractivity contribution >= 4 is 42.4 Å². The number of benzene rings is 2. The van der Waals surface area contributed by atoms with E-state index < -0.39 is 9.84 Å². The van der Waals surface area contributed by atoms with Crippen molar-refractivity contribution in [2.45, 2.75) is 32.6 Å². The van der Waals surface area contributed by atoms with Crippen LogP contribution in [0, 0.1) is 13.8 Å². The summed E-state index contributed by atoms with van der Waals surface area (Å²) in [4.78, 5) is 22.4. The van der Waals surface area contributed by atoms with Crippen molar-refractivity contribution in [3.8, 4) is 0 Å². The van der Waals surface area contributed by atoms with Crippen LogP contribution in [0.15, 0.2) is 41.3 Å². The van der Waals surface area contributed by atoms with Crippen LogP contribution in [-0.2, 0) is 9.84 Å². The van der Waals surface area contributed by atoms with E-state index in [1.165, 1.54) is 23.5 Å². The maximum Gasteiger partial charge on any atom is 0.260 e. The highest BCUT2D eigenvalue weighted by Gasteiger charge is 2.23. The number of rotatable bonds is 8. The maximum atomic E-state index is 13.4. The molecule has 8 heteroatoms. The second kappa shape index (κ2) is 9.46. The molecule has 0 aliphatic rings. The number of fused-ring (bicyclic) bond motifs is 1. The number of hydrogen-bond acceptors (Lipinski definition) is 6. The normalized spacial score (nSPS) is 11.9. The van der Waals surface area contributed by atoms with Crippen molar-refractivity contribution in [3.63, 3.8) is 0 Å². The third-order valence-corrected chi connectivity index (χ3v) is 7.71. The molecule has 0 radical (unpaired) electrons. The lowest BCUT2D eigenvalue weighted by Crippen LogP contribution is -2.38. The Bertz CT molecular complexity index is 1180. The van der Waals surface area contributed by atoms with Crippen LogP contribution in [0.4, 0.5) is 5.13 Å². The van der Waals surface area contributed by atoms with E-state index in [1.807, 2.05) is 13.0 Å². The molecule has 0 bridgehead atoms. The second-order valence-electron chi connectivity index (χ2n) is 7.71. The van der Waals surface area contributed by atoms with Crippen LogP contribution in [0.3, 0.4) is 0 Å². The molecular weight excluding hydrogens is 430 g/mol. The number of amides is 1. The highest BCUT2D eigenvalue weighted by Crippen LogP contribution is 2.33. The van der Waals surface area contributed by atoms with Crippen molar-refractivity contribution < 1.29 is 13.2 Å². The number of likely N-dealkylation sites (N-methyl/N-ethyl adjacent to an activating group) is 1. The number of aryl methyl sites for hydroxylation is 2. The summed E-state index contributed by atoms with van der Waals surface area (Å²) >= 11 is 1.52. The lowest BCUT2D eigenvalue weighted by molar-refractivity contribution is 0.0983. The average molecular weight is 460 g/mol. The molecule has 0 saturated carbocycles. The first kappa shape index (κ1) is 23.4. The van der Waals surface area contributed by atoms with Crippen LogP contribution in [-0.4, -0.2) is 56.6 Å². The van der Waals surface area contributed by atoms with E-state index in [2.05, 4.69) is 31.7 Å². The number of aromatic nitrogens is 1. The van der Waals surface area contributed by atoms with E-state index >= 15 is 0 Å². The number of sulfone groups is 1. The maximum absolute atomic E-state index is 13.4. The fourth-order valence-electron chi connectivity index (χ4n) is 3.55. The molecule has 0 saturated heterocycles. The molecule has 166 valence electrons. The molecule has 0 aliphatic heterocycles. The fourth-order valence-corrected chi connectivity index (χ4v) is 5.22. The summed E-state index contributed by atoms with van der Waals surface area (Å²) in [5.74, 6) is -0.180. The third-order valence-electron chi connectivity index (χ3n) is 5.35. The third kappa shape index (κ3) is 5.31. The molecule has 1 heterocycles. The minimum absolute atomic E-state index is 0.180. The lowest BCUT2D eigenvalue weighted by atomic mass is 10.1. The van der Waals surface area contributed by atoms with Gasteiger partial charge in [0.25, 0.3) is 5.91 Å². The summed E-state index contributed by atoms with van der Waals surface area (Å²) in [5.41, 5.74) is 3.62. The Kier molecular flexibility index (Phi) is 7.13. The molecule has 6 nitrogen and oxygen atoms in total. The highest BCUT2D eigenvalue weighted by atomic mass is 32.2. The molecule has 1 amide bonds. The second-order valence-corrected chi connectivity index (χ2v) is 10.7. The molecule has 0 unspecified atom stereocenters. The molecular formula is C23H29N3O3S2.